The van der Waals surface area contributed by atoms with Gasteiger partial charge in [0.2, 0.25) is 0 Å². The number of aldehydes is 1. The summed E-state index contributed by atoms with van der Waals surface area (Å²) in [6, 6.07) is 17.7. The molecular weight excluding hydrogens is 292 g/mol. The molecule has 0 saturated heterocycles. The Morgan fingerprint density at radius 3 is 2.17 bits per heavy atom. The van der Waals surface area contributed by atoms with Crippen molar-refractivity contribution in [1.82, 2.24) is 10.4 Å². The van der Waals surface area contributed by atoms with Crippen LogP contribution in [0, 0.1) is 0 Å². The van der Waals surface area contributed by atoms with E-state index in [2.05, 4.69) is 5.43 Å². The number of benzene rings is 2. The molecule has 0 saturated carbocycles. The van der Waals surface area contributed by atoms with Gasteiger partial charge in [0.05, 0.1) is 6.54 Å². The van der Waals surface area contributed by atoms with Gasteiger partial charge in [-0.1, -0.05) is 48.5 Å². The predicted octanol–water partition coefficient (Wildman–Crippen LogP) is 2.07. The molecule has 0 spiro atoms. The molecule has 2 aromatic rings. The molecule has 2 amide bonds. The second-order valence-electron chi connectivity index (χ2n) is 4.67. The Morgan fingerprint density at radius 1 is 0.957 bits per heavy atom. The fourth-order valence-electron chi connectivity index (χ4n) is 1.86. The monoisotopic (exact) mass is 308 g/mol. The highest BCUT2D eigenvalue weighted by Crippen LogP contribution is 2.02. The minimum Gasteiger partial charge on any atom is -0.301 e. The van der Waals surface area contributed by atoms with Crippen molar-refractivity contribution in [2.75, 3.05) is 6.54 Å². The van der Waals surface area contributed by atoms with Crippen LogP contribution in [-0.2, 0) is 9.59 Å². The van der Waals surface area contributed by atoms with Crippen molar-refractivity contribution < 1.29 is 14.4 Å². The van der Waals surface area contributed by atoms with Crippen molar-refractivity contribution in [3.05, 3.63) is 77.9 Å². The molecule has 0 fully saturated rings. The van der Waals surface area contributed by atoms with Gasteiger partial charge in [0, 0.05) is 11.6 Å². The third-order valence-electron chi connectivity index (χ3n) is 3.01. The molecule has 0 heterocycles. The summed E-state index contributed by atoms with van der Waals surface area (Å²) >= 11 is 0. The van der Waals surface area contributed by atoms with E-state index in [1.54, 1.807) is 36.4 Å². The second-order valence-corrected chi connectivity index (χ2v) is 4.67. The summed E-state index contributed by atoms with van der Waals surface area (Å²) in [5.41, 5.74) is 3.69. The highest BCUT2D eigenvalue weighted by atomic mass is 16.2. The van der Waals surface area contributed by atoms with Crippen LogP contribution in [0.1, 0.15) is 15.9 Å². The number of hydrogen-bond donors (Lipinski definition) is 1. The molecule has 116 valence electrons. The molecule has 2 aromatic carbocycles. The minimum atomic E-state index is -0.481. The van der Waals surface area contributed by atoms with Crippen molar-refractivity contribution in [3.63, 3.8) is 0 Å². The molecule has 0 atom stereocenters. The Labute approximate surface area is 134 Å². The van der Waals surface area contributed by atoms with Gasteiger partial charge >= 0.3 is 0 Å². The van der Waals surface area contributed by atoms with E-state index >= 15 is 0 Å². The lowest BCUT2D eigenvalue weighted by Gasteiger charge is -2.19. The molecule has 2 rings (SSSR count). The summed E-state index contributed by atoms with van der Waals surface area (Å²) in [5.74, 6) is -0.931. The van der Waals surface area contributed by atoms with E-state index in [4.69, 9.17) is 0 Å². The summed E-state index contributed by atoms with van der Waals surface area (Å²) in [4.78, 5) is 34.9. The van der Waals surface area contributed by atoms with Gasteiger partial charge in [-0.05, 0) is 23.8 Å². The lowest BCUT2D eigenvalue weighted by molar-refractivity contribution is -0.130. The number of nitrogens with one attached hydrogen (secondary N) is 1. The molecule has 5 heteroatoms. The van der Waals surface area contributed by atoms with E-state index in [1.807, 2.05) is 30.3 Å². The average molecular weight is 308 g/mol. The first-order valence-corrected chi connectivity index (χ1v) is 7.05. The predicted molar refractivity (Wildman–Crippen MR) is 87.2 cm³/mol. The molecule has 0 aliphatic carbocycles. The molecule has 0 bridgehead atoms. The average Bonchev–Trinajstić information content (AvgIpc) is 2.61. The third kappa shape index (κ3) is 4.93. The fourth-order valence-corrected chi connectivity index (χ4v) is 1.86. The number of hydrazine groups is 1. The normalized spacial score (nSPS) is 10.3. The quantitative estimate of drug-likeness (QED) is 0.522. The maximum Gasteiger partial charge on any atom is 0.269 e. The van der Waals surface area contributed by atoms with E-state index in [-0.39, 0.29) is 6.54 Å². The van der Waals surface area contributed by atoms with Crippen LogP contribution in [0.15, 0.2) is 66.7 Å². The van der Waals surface area contributed by atoms with E-state index in [0.29, 0.717) is 11.8 Å². The molecular formula is C18H16N2O3. The first-order chi connectivity index (χ1) is 11.2. The van der Waals surface area contributed by atoms with E-state index in [9.17, 15) is 14.4 Å². The molecule has 5 nitrogen and oxygen atoms in total. The lowest BCUT2D eigenvalue weighted by Crippen LogP contribution is -2.46. The van der Waals surface area contributed by atoms with Crippen LogP contribution in [0.3, 0.4) is 0 Å². The van der Waals surface area contributed by atoms with E-state index in [1.165, 1.54) is 6.08 Å². The van der Waals surface area contributed by atoms with Gasteiger partial charge in [0.1, 0.15) is 6.29 Å². The van der Waals surface area contributed by atoms with Gasteiger partial charge in [0.15, 0.2) is 0 Å². The molecule has 0 aliphatic rings. The van der Waals surface area contributed by atoms with Crippen LogP contribution < -0.4 is 5.43 Å². The van der Waals surface area contributed by atoms with Crippen LogP contribution in [0.4, 0.5) is 0 Å². The van der Waals surface area contributed by atoms with E-state index < -0.39 is 11.8 Å². The van der Waals surface area contributed by atoms with Gasteiger partial charge < -0.3 is 4.79 Å². The van der Waals surface area contributed by atoms with Crippen molar-refractivity contribution in [1.29, 1.82) is 0 Å². The van der Waals surface area contributed by atoms with E-state index in [0.717, 1.165) is 10.6 Å². The number of carbonyl (C=O) groups is 3. The third-order valence-corrected chi connectivity index (χ3v) is 3.01. The van der Waals surface area contributed by atoms with Crippen molar-refractivity contribution in [2.24, 2.45) is 0 Å². The lowest BCUT2D eigenvalue weighted by atomic mass is 10.2. The smallest absolute Gasteiger partial charge is 0.269 e. The number of carbonyl (C=O) groups excluding carboxylic acids is 3. The highest BCUT2D eigenvalue weighted by Gasteiger charge is 2.14. The summed E-state index contributed by atoms with van der Waals surface area (Å²) in [7, 11) is 0. The topological polar surface area (TPSA) is 66.5 Å². The Hall–Kier alpha value is -3.21. The Bertz CT molecular complexity index is 697. The standard InChI is InChI=1S/C18H16N2O3/c21-14-13-20(19-18(23)16-9-5-2-6-10-16)17(22)12-11-15-7-3-1-4-8-15/h1-12,14H,13H2,(H,19,23)/b12-11+. The van der Waals surface area contributed by atoms with Crippen LogP contribution in [0.2, 0.25) is 0 Å². The number of rotatable bonds is 5. The zero-order valence-corrected chi connectivity index (χ0v) is 12.4. The Morgan fingerprint density at radius 2 is 1.57 bits per heavy atom. The van der Waals surface area contributed by atoms with Gasteiger partial charge in [-0.15, -0.1) is 0 Å². The summed E-state index contributed by atoms with van der Waals surface area (Å²) in [5, 5.41) is 0.974. The van der Waals surface area contributed by atoms with Gasteiger partial charge in [0.25, 0.3) is 11.8 Å². The molecule has 0 aromatic heterocycles. The van der Waals surface area contributed by atoms with Crippen molar-refractivity contribution in [2.45, 2.75) is 0 Å². The summed E-state index contributed by atoms with van der Waals surface area (Å²) in [6.07, 6.45) is 3.48. The SMILES string of the molecule is O=CCN(NC(=O)c1ccccc1)C(=O)/C=C/c1ccccc1. The maximum absolute atomic E-state index is 12.1. The van der Waals surface area contributed by atoms with Crippen molar-refractivity contribution in [3.8, 4) is 0 Å². The number of amides is 2. The van der Waals surface area contributed by atoms with Gasteiger partial charge in [-0.25, -0.2) is 5.01 Å². The number of nitrogens with zero attached hydrogens (tertiary/aromatic N) is 1. The summed E-state index contributed by atoms with van der Waals surface area (Å²) in [6.45, 7) is -0.226. The first-order valence-electron chi connectivity index (χ1n) is 7.05. The molecule has 0 radical (unpaired) electrons. The largest absolute Gasteiger partial charge is 0.301 e. The highest BCUT2D eigenvalue weighted by molar-refractivity contribution is 5.98. The molecule has 23 heavy (non-hydrogen) atoms. The van der Waals surface area contributed by atoms with Crippen molar-refractivity contribution >= 4 is 24.2 Å². The molecule has 0 aliphatic heterocycles. The van der Waals surface area contributed by atoms with Crippen LogP contribution in [0.25, 0.3) is 6.08 Å². The Balaban J connectivity index is 2.05. The van der Waals surface area contributed by atoms with Gasteiger partial charge in [-0.2, -0.15) is 0 Å². The van der Waals surface area contributed by atoms with Crippen LogP contribution in [-0.4, -0.2) is 29.7 Å². The molecule has 1 N–H and O–H groups in total. The zero-order chi connectivity index (χ0) is 16.5. The summed E-state index contributed by atoms with van der Waals surface area (Å²) < 4.78 is 0. The molecule has 0 unspecified atom stereocenters. The second kappa shape index (κ2) is 8.29. The maximum atomic E-state index is 12.1. The number of hydrogen-bond acceptors (Lipinski definition) is 3. The Kier molecular flexibility index (Phi) is 5.82. The van der Waals surface area contributed by atoms with Gasteiger partial charge in [-0.3, -0.25) is 15.0 Å². The fraction of sp³-hybridized carbons (Fsp3) is 0.0556. The van der Waals surface area contributed by atoms with Crippen LogP contribution in [0.5, 0.6) is 0 Å². The van der Waals surface area contributed by atoms with Crippen LogP contribution >= 0.6 is 0 Å². The first kappa shape index (κ1) is 16.2. The zero-order valence-electron chi connectivity index (χ0n) is 12.4. The minimum absolute atomic E-state index is 0.226.